The number of nitrogens with zero attached hydrogens (tertiary/aromatic N) is 1. The number of hydrogen-bond donors (Lipinski definition) is 1. The first-order valence-corrected chi connectivity index (χ1v) is 7.41. The molecule has 1 aliphatic heterocycles. The maximum absolute atomic E-state index is 11.7. The average Bonchev–Trinajstić information content (AvgIpc) is 2.33. The van der Waals surface area contributed by atoms with E-state index >= 15 is 0 Å². The fraction of sp³-hybridized carbons (Fsp3) is 0.588. The third kappa shape index (κ3) is 2.30. The number of aliphatic carboxylic acids is 1. The van der Waals surface area contributed by atoms with Crippen LogP contribution < -0.4 is 4.90 Å². The van der Waals surface area contributed by atoms with Gasteiger partial charge in [-0.3, -0.25) is 0 Å². The smallest absolute Gasteiger partial charge is 0.326 e. The van der Waals surface area contributed by atoms with Crippen LogP contribution in [0.4, 0.5) is 5.69 Å². The number of aryl methyl sites for hydroxylation is 1. The van der Waals surface area contributed by atoms with Gasteiger partial charge in [0, 0.05) is 11.2 Å². The zero-order valence-corrected chi connectivity index (χ0v) is 13.1. The molecule has 1 aromatic carbocycles. The number of anilines is 1. The SMILES string of the molecule is CC[C@H](C(=O)O)N1c2c(C)cccc2[C@@H](C)CC1(C)C. The van der Waals surface area contributed by atoms with Crippen LogP contribution in [0.25, 0.3) is 0 Å². The van der Waals surface area contributed by atoms with Crippen molar-refractivity contribution >= 4 is 11.7 Å². The van der Waals surface area contributed by atoms with Crippen LogP contribution >= 0.6 is 0 Å². The van der Waals surface area contributed by atoms with Gasteiger partial charge in [-0.1, -0.05) is 32.0 Å². The van der Waals surface area contributed by atoms with Crippen LogP contribution in [0, 0.1) is 6.92 Å². The van der Waals surface area contributed by atoms with Crippen molar-refractivity contribution in [3.05, 3.63) is 29.3 Å². The third-order valence-corrected chi connectivity index (χ3v) is 4.48. The van der Waals surface area contributed by atoms with E-state index in [0.717, 1.165) is 12.1 Å². The number of fused-ring (bicyclic) bond motifs is 1. The lowest BCUT2D eigenvalue weighted by Crippen LogP contribution is -2.56. The van der Waals surface area contributed by atoms with Gasteiger partial charge in [-0.15, -0.1) is 0 Å². The number of rotatable bonds is 3. The monoisotopic (exact) mass is 275 g/mol. The lowest BCUT2D eigenvalue weighted by atomic mass is 9.78. The highest BCUT2D eigenvalue weighted by Gasteiger charge is 2.42. The van der Waals surface area contributed by atoms with Gasteiger partial charge < -0.3 is 10.0 Å². The van der Waals surface area contributed by atoms with Crippen LogP contribution in [0.15, 0.2) is 18.2 Å². The Labute approximate surface area is 121 Å². The molecule has 3 nitrogen and oxygen atoms in total. The molecule has 20 heavy (non-hydrogen) atoms. The molecule has 1 N–H and O–H groups in total. The summed E-state index contributed by atoms with van der Waals surface area (Å²) >= 11 is 0. The standard InChI is InChI=1S/C17H25NO2/c1-6-14(16(19)20)18-15-11(2)8-7-9-13(15)12(3)10-17(18,4)5/h7-9,12,14H,6,10H2,1-5H3,(H,19,20)/t12-,14+/m0/s1. The molecule has 1 heterocycles. The number of carboxylic acid groups (broad SMARTS) is 1. The molecule has 0 aliphatic carbocycles. The van der Waals surface area contributed by atoms with Crippen LogP contribution in [0.1, 0.15) is 57.6 Å². The van der Waals surface area contributed by atoms with Crippen molar-refractivity contribution in [2.75, 3.05) is 4.90 Å². The Balaban J connectivity index is 2.65. The molecule has 110 valence electrons. The largest absolute Gasteiger partial charge is 0.480 e. The van der Waals surface area contributed by atoms with Gasteiger partial charge in [-0.05, 0) is 50.7 Å². The van der Waals surface area contributed by atoms with Crippen molar-refractivity contribution in [1.29, 1.82) is 0 Å². The summed E-state index contributed by atoms with van der Waals surface area (Å²) in [6.45, 7) is 10.6. The third-order valence-electron chi connectivity index (χ3n) is 4.48. The second kappa shape index (κ2) is 5.12. The lowest BCUT2D eigenvalue weighted by Gasteiger charge is -2.50. The molecule has 1 aromatic rings. The van der Waals surface area contributed by atoms with Crippen molar-refractivity contribution in [3.63, 3.8) is 0 Å². The number of benzene rings is 1. The average molecular weight is 275 g/mol. The van der Waals surface area contributed by atoms with Crippen molar-refractivity contribution in [1.82, 2.24) is 0 Å². The van der Waals surface area contributed by atoms with E-state index in [0.29, 0.717) is 12.3 Å². The second-order valence-corrected chi connectivity index (χ2v) is 6.56. The van der Waals surface area contributed by atoms with Gasteiger partial charge in [0.25, 0.3) is 0 Å². The Bertz CT molecular complexity index is 522. The van der Waals surface area contributed by atoms with Gasteiger partial charge in [0.2, 0.25) is 0 Å². The first-order valence-electron chi connectivity index (χ1n) is 7.41. The maximum Gasteiger partial charge on any atom is 0.326 e. The van der Waals surface area contributed by atoms with Gasteiger partial charge in [0.15, 0.2) is 0 Å². The molecule has 3 heteroatoms. The van der Waals surface area contributed by atoms with Crippen molar-refractivity contribution in [2.24, 2.45) is 0 Å². The van der Waals surface area contributed by atoms with E-state index in [-0.39, 0.29) is 5.54 Å². The fourth-order valence-electron chi connectivity index (χ4n) is 3.71. The molecule has 0 aromatic heterocycles. The summed E-state index contributed by atoms with van der Waals surface area (Å²) < 4.78 is 0. The van der Waals surface area contributed by atoms with E-state index < -0.39 is 12.0 Å². The minimum absolute atomic E-state index is 0.141. The zero-order chi connectivity index (χ0) is 15.1. The second-order valence-electron chi connectivity index (χ2n) is 6.56. The Morgan fingerprint density at radius 1 is 1.50 bits per heavy atom. The van der Waals surface area contributed by atoms with E-state index in [1.807, 2.05) is 6.92 Å². The Morgan fingerprint density at radius 2 is 2.15 bits per heavy atom. The minimum atomic E-state index is -0.732. The van der Waals surface area contributed by atoms with E-state index in [4.69, 9.17) is 0 Å². The first-order chi connectivity index (χ1) is 9.29. The molecular weight excluding hydrogens is 250 g/mol. The number of carbonyl (C=O) groups is 1. The first kappa shape index (κ1) is 14.9. The Hall–Kier alpha value is -1.51. The number of para-hydroxylation sites is 1. The van der Waals surface area contributed by atoms with Crippen LogP contribution in [-0.4, -0.2) is 22.7 Å². The summed E-state index contributed by atoms with van der Waals surface area (Å²) in [6.07, 6.45) is 1.59. The number of hydrogen-bond acceptors (Lipinski definition) is 2. The minimum Gasteiger partial charge on any atom is -0.480 e. The zero-order valence-electron chi connectivity index (χ0n) is 13.1. The summed E-state index contributed by atoms with van der Waals surface area (Å²) in [6, 6.07) is 5.83. The molecule has 0 bridgehead atoms. The molecule has 0 saturated carbocycles. The Morgan fingerprint density at radius 3 is 2.70 bits per heavy atom. The summed E-state index contributed by atoms with van der Waals surface area (Å²) in [4.78, 5) is 13.8. The Kier molecular flexibility index (Phi) is 3.81. The molecule has 0 fully saturated rings. The van der Waals surface area contributed by atoms with Gasteiger partial charge in [-0.2, -0.15) is 0 Å². The molecule has 0 radical (unpaired) electrons. The molecule has 1 aliphatic rings. The summed E-state index contributed by atoms with van der Waals surface area (Å²) in [7, 11) is 0. The van der Waals surface area contributed by atoms with E-state index in [2.05, 4.69) is 50.8 Å². The van der Waals surface area contributed by atoms with Gasteiger partial charge in [0.1, 0.15) is 6.04 Å². The highest BCUT2D eigenvalue weighted by molar-refractivity contribution is 5.81. The number of carboxylic acids is 1. The normalized spacial score (nSPS) is 22.2. The van der Waals surface area contributed by atoms with Gasteiger partial charge >= 0.3 is 5.97 Å². The van der Waals surface area contributed by atoms with Crippen LogP contribution in [0.3, 0.4) is 0 Å². The van der Waals surface area contributed by atoms with Crippen LogP contribution in [0.5, 0.6) is 0 Å². The molecule has 2 atom stereocenters. The fourth-order valence-corrected chi connectivity index (χ4v) is 3.71. The van der Waals surface area contributed by atoms with Crippen LogP contribution in [-0.2, 0) is 4.79 Å². The highest BCUT2D eigenvalue weighted by Crippen LogP contribution is 2.46. The summed E-state index contributed by atoms with van der Waals surface area (Å²) in [5.41, 5.74) is 3.44. The van der Waals surface area contributed by atoms with Crippen LogP contribution in [0.2, 0.25) is 0 Å². The predicted molar refractivity (Wildman–Crippen MR) is 82.5 cm³/mol. The topological polar surface area (TPSA) is 40.5 Å². The van der Waals surface area contributed by atoms with Crippen molar-refractivity contribution in [3.8, 4) is 0 Å². The molecule has 0 amide bonds. The van der Waals surface area contributed by atoms with E-state index in [1.165, 1.54) is 11.1 Å². The molecule has 2 rings (SSSR count). The molecule has 0 spiro atoms. The van der Waals surface area contributed by atoms with Gasteiger partial charge in [-0.25, -0.2) is 4.79 Å². The van der Waals surface area contributed by atoms with E-state index in [1.54, 1.807) is 0 Å². The van der Waals surface area contributed by atoms with Crippen molar-refractivity contribution in [2.45, 2.75) is 65.0 Å². The molecular formula is C17H25NO2. The van der Waals surface area contributed by atoms with E-state index in [9.17, 15) is 9.90 Å². The predicted octanol–water partition coefficient (Wildman–Crippen LogP) is 3.95. The molecule has 0 saturated heterocycles. The molecule has 0 unspecified atom stereocenters. The quantitative estimate of drug-likeness (QED) is 0.908. The van der Waals surface area contributed by atoms with Crippen molar-refractivity contribution < 1.29 is 9.90 Å². The lowest BCUT2D eigenvalue weighted by molar-refractivity contribution is -0.139. The maximum atomic E-state index is 11.7. The van der Waals surface area contributed by atoms with Gasteiger partial charge in [0.05, 0.1) is 0 Å². The summed E-state index contributed by atoms with van der Waals surface area (Å²) in [5.74, 6) is -0.271. The summed E-state index contributed by atoms with van der Waals surface area (Å²) in [5, 5.41) is 9.60. The highest BCUT2D eigenvalue weighted by atomic mass is 16.4.